The molecule has 1 aromatic rings. The summed E-state index contributed by atoms with van der Waals surface area (Å²) in [7, 11) is -0.204. The van der Waals surface area contributed by atoms with Crippen LogP contribution in [0.2, 0.25) is 0 Å². The van der Waals surface area contributed by atoms with E-state index in [0.29, 0.717) is 25.8 Å². The van der Waals surface area contributed by atoms with Gasteiger partial charge in [0.05, 0.1) is 18.0 Å². The van der Waals surface area contributed by atoms with E-state index >= 15 is 0 Å². The van der Waals surface area contributed by atoms with Gasteiger partial charge in [0.1, 0.15) is 0 Å². The number of urea groups is 1. The van der Waals surface area contributed by atoms with Crippen molar-refractivity contribution in [3.8, 4) is 0 Å². The molecular weight excluding hydrogens is 344 g/mol. The molecule has 0 aliphatic rings. The van der Waals surface area contributed by atoms with Crippen LogP contribution in [0.4, 0.5) is 4.79 Å². The Kier molecular flexibility index (Phi) is 7.89. The molecule has 0 heterocycles. The zero-order valence-electron chi connectivity index (χ0n) is 15.1. The van der Waals surface area contributed by atoms with Crippen molar-refractivity contribution in [1.29, 1.82) is 0 Å². The third-order valence-electron chi connectivity index (χ3n) is 4.00. The van der Waals surface area contributed by atoms with Crippen molar-refractivity contribution in [3.63, 3.8) is 0 Å². The van der Waals surface area contributed by atoms with Crippen LogP contribution < -0.4 is 5.32 Å². The summed E-state index contributed by atoms with van der Waals surface area (Å²) in [5.41, 5.74) is 0.843. The van der Waals surface area contributed by atoms with Gasteiger partial charge in [-0.1, -0.05) is 12.1 Å². The van der Waals surface area contributed by atoms with Gasteiger partial charge >= 0.3 is 12.0 Å². The van der Waals surface area contributed by atoms with Crippen molar-refractivity contribution in [3.05, 3.63) is 29.8 Å². The molecule has 0 aromatic heterocycles. The summed E-state index contributed by atoms with van der Waals surface area (Å²) >= 11 is 0. The maximum atomic E-state index is 12.2. The number of carbonyl (C=O) groups is 2. The third kappa shape index (κ3) is 6.74. The van der Waals surface area contributed by atoms with Crippen LogP contribution in [-0.2, 0) is 19.4 Å². The highest BCUT2D eigenvalue weighted by Crippen LogP contribution is 2.20. The molecule has 1 unspecified atom stereocenters. The van der Waals surface area contributed by atoms with E-state index in [4.69, 9.17) is 0 Å². The predicted octanol–water partition coefficient (Wildman–Crippen LogP) is 2.14. The lowest BCUT2D eigenvalue weighted by Gasteiger charge is -2.25. The zero-order chi connectivity index (χ0) is 19.0. The van der Waals surface area contributed by atoms with Crippen LogP contribution in [0.3, 0.4) is 0 Å². The lowest BCUT2D eigenvalue weighted by atomic mass is 10.1. The molecule has 0 bridgehead atoms. The van der Waals surface area contributed by atoms with Crippen molar-refractivity contribution < 1.29 is 22.7 Å². The summed E-state index contributed by atoms with van der Waals surface area (Å²) in [6, 6.07) is 6.07. The monoisotopic (exact) mass is 370 g/mol. The summed E-state index contributed by atoms with van der Waals surface area (Å²) < 4.78 is 27.5. The molecule has 2 amide bonds. The van der Waals surface area contributed by atoms with Gasteiger partial charge in [0.2, 0.25) is 0 Å². The van der Waals surface area contributed by atoms with Gasteiger partial charge in [-0.25, -0.2) is 13.2 Å². The SMILES string of the molecule is COC(=O)CCCCNC(=O)N(C)C(C)c1ccc(S(C)(=O)=O)cc1. The number of hydrogen-bond acceptors (Lipinski definition) is 5. The number of amides is 2. The maximum Gasteiger partial charge on any atom is 0.317 e. The predicted molar refractivity (Wildman–Crippen MR) is 95.0 cm³/mol. The molecule has 140 valence electrons. The zero-order valence-corrected chi connectivity index (χ0v) is 15.9. The van der Waals surface area contributed by atoms with E-state index < -0.39 is 9.84 Å². The number of benzene rings is 1. The van der Waals surface area contributed by atoms with Gasteiger partial charge in [0.25, 0.3) is 0 Å². The Bertz CT molecular complexity index is 685. The molecule has 1 atom stereocenters. The van der Waals surface area contributed by atoms with E-state index in [0.717, 1.165) is 11.8 Å². The number of carbonyl (C=O) groups excluding carboxylic acids is 2. The van der Waals surface area contributed by atoms with Gasteiger partial charge in [0.15, 0.2) is 9.84 Å². The fourth-order valence-electron chi connectivity index (χ4n) is 2.21. The number of rotatable bonds is 8. The van der Waals surface area contributed by atoms with E-state index in [1.807, 2.05) is 6.92 Å². The molecule has 0 saturated heterocycles. The minimum atomic E-state index is -3.23. The van der Waals surface area contributed by atoms with Crippen LogP contribution in [0.25, 0.3) is 0 Å². The van der Waals surface area contributed by atoms with E-state index in [-0.39, 0.29) is 22.9 Å². The maximum absolute atomic E-state index is 12.2. The van der Waals surface area contributed by atoms with Crippen molar-refractivity contribution >= 4 is 21.8 Å². The van der Waals surface area contributed by atoms with Gasteiger partial charge in [-0.05, 0) is 37.5 Å². The van der Waals surface area contributed by atoms with Gasteiger partial charge in [-0.3, -0.25) is 4.79 Å². The highest BCUT2D eigenvalue weighted by atomic mass is 32.2. The normalized spacial score (nSPS) is 12.3. The number of nitrogens with one attached hydrogen (secondary N) is 1. The van der Waals surface area contributed by atoms with Crippen molar-refractivity contribution in [1.82, 2.24) is 10.2 Å². The molecule has 0 radical (unpaired) electrons. The largest absolute Gasteiger partial charge is 0.469 e. The number of hydrogen-bond donors (Lipinski definition) is 1. The molecule has 25 heavy (non-hydrogen) atoms. The summed E-state index contributed by atoms with van der Waals surface area (Å²) in [5, 5.41) is 2.80. The number of ether oxygens (including phenoxy) is 1. The Morgan fingerprint density at radius 1 is 1.20 bits per heavy atom. The fourth-order valence-corrected chi connectivity index (χ4v) is 2.84. The molecule has 0 spiro atoms. The summed E-state index contributed by atoms with van der Waals surface area (Å²) in [4.78, 5) is 25.0. The highest BCUT2D eigenvalue weighted by molar-refractivity contribution is 7.90. The van der Waals surface area contributed by atoms with Crippen molar-refractivity contribution in [2.45, 2.75) is 37.1 Å². The lowest BCUT2D eigenvalue weighted by molar-refractivity contribution is -0.140. The van der Waals surface area contributed by atoms with E-state index in [1.54, 1.807) is 36.2 Å². The smallest absolute Gasteiger partial charge is 0.317 e. The van der Waals surface area contributed by atoms with E-state index in [9.17, 15) is 18.0 Å². The second kappa shape index (κ2) is 9.41. The summed E-state index contributed by atoms with van der Waals surface area (Å²) in [6.07, 6.45) is 2.84. The van der Waals surface area contributed by atoms with Crippen LogP contribution in [0.15, 0.2) is 29.2 Å². The fraction of sp³-hybridized carbons (Fsp3) is 0.529. The number of esters is 1. The topological polar surface area (TPSA) is 92.8 Å². The van der Waals surface area contributed by atoms with Crippen LogP contribution in [0.5, 0.6) is 0 Å². The van der Waals surface area contributed by atoms with Crippen LogP contribution in [-0.4, -0.2) is 52.3 Å². The van der Waals surface area contributed by atoms with Crippen LogP contribution in [0, 0.1) is 0 Å². The molecule has 7 nitrogen and oxygen atoms in total. The lowest BCUT2D eigenvalue weighted by Crippen LogP contribution is -2.39. The Labute approximate surface area is 149 Å². The number of nitrogens with zero attached hydrogens (tertiary/aromatic N) is 1. The number of unbranched alkanes of at least 4 members (excludes halogenated alkanes) is 1. The molecule has 1 N–H and O–H groups in total. The van der Waals surface area contributed by atoms with Crippen molar-refractivity contribution in [2.24, 2.45) is 0 Å². The van der Waals surface area contributed by atoms with Gasteiger partial charge in [-0.2, -0.15) is 0 Å². The van der Waals surface area contributed by atoms with Gasteiger partial charge < -0.3 is 15.0 Å². The quantitative estimate of drug-likeness (QED) is 0.559. The Morgan fingerprint density at radius 2 is 1.80 bits per heavy atom. The first kappa shape index (κ1) is 21.0. The first-order valence-corrected chi connectivity index (χ1v) is 9.93. The molecule has 8 heteroatoms. The van der Waals surface area contributed by atoms with Crippen LogP contribution >= 0.6 is 0 Å². The summed E-state index contributed by atoms with van der Waals surface area (Å²) in [6.45, 7) is 2.34. The van der Waals surface area contributed by atoms with Crippen molar-refractivity contribution in [2.75, 3.05) is 27.0 Å². The molecular formula is C17H26N2O5S. The minimum absolute atomic E-state index is 0.205. The Balaban J connectivity index is 2.50. The second-order valence-electron chi connectivity index (χ2n) is 5.89. The first-order chi connectivity index (χ1) is 11.7. The summed E-state index contributed by atoms with van der Waals surface area (Å²) in [5.74, 6) is -0.255. The number of sulfone groups is 1. The van der Waals surface area contributed by atoms with E-state index in [2.05, 4.69) is 10.1 Å². The Morgan fingerprint density at radius 3 is 2.32 bits per heavy atom. The minimum Gasteiger partial charge on any atom is -0.469 e. The standard InChI is InChI=1S/C17H26N2O5S/c1-13(14-8-10-15(11-9-14)25(4,22)23)19(2)17(21)18-12-6-5-7-16(20)24-3/h8-11,13H,5-7,12H2,1-4H3,(H,18,21). The molecule has 1 rings (SSSR count). The van der Waals surface area contributed by atoms with E-state index in [1.165, 1.54) is 7.11 Å². The molecule has 1 aromatic carbocycles. The van der Waals surface area contributed by atoms with Crippen LogP contribution in [0.1, 0.15) is 37.8 Å². The average molecular weight is 370 g/mol. The van der Waals surface area contributed by atoms with Gasteiger partial charge in [0, 0.05) is 26.3 Å². The first-order valence-electron chi connectivity index (χ1n) is 8.04. The molecule has 0 fully saturated rings. The van der Waals surface area contributed by atoms with Gasteiger partial charge in [-0.15, -0.1) is 0 Å². The highest BCUT2D eigenvalue weighted by Gasteiger charge is 2.17. The molecule has 0 aliphatic carbocycles. The second-order valence-corrected chi connectivity index (χ2v) is 7.91. The third-order valence-corrected chi connectivity index (χ3v) is 5.13. The number of methoxy groups -OCH3 is 1. The average Bonchev–Trinajstić information content (AvgIpc) is 2.59. The Hall–Kier alpha value is -2.09. The molecule has 0 saturated carbocycles. The molecule has 0 aliphatic heterocycles.